The van der Waals surface area contributed by atoms with Gasteiger partial charge in [-0.2, -0.15) is 0 Å². The first-order chi connectivity index (χ1) is 10.2. The van der Waals surface area contributed by atoms with Crippen LogP contribution in [0.1, 0.15) is 18.4 Å². The molecule has 0 radical (unpaired) electrons. The number of rotatable bonds is 5. The maximum atomic E-state index is 12.8. The molecule has 1 aliphatic heterocycles. The molecule has 1 aromatic carbocycles. The molecule has 0 saturated carbocycles. The van der Waals surface area contributed by atoms with Crippen LogP contribution in [-0.4, -0.2) is 48.3 Å². The molecule has 1 fully saturated rings. The van der Waals surface area contributed by atoms with E-state index in [1.807, 2.05) is 0 Å². The number of carbonyl (C=O) groups is 1. The number of aliphatic hydroxyl groups excluding tert-OH is 1. The lowest BCUT2D eigenvalue weighted by molar-refractivity contribution is -0.128. The van der Waals surface area contributed by atoms with Crippen molar-refractivity contribution in [3.63, 3.8) is 0 Å². The monoisotopic (exact) mass is 293 g/mol. The first-order valence-corrected chi connectivity index (χ1v) is 7.14. The van der Waals surface area contributed by atoms with Gasteiger partial charge in [-0.05, 0) is 36.6 Å². The third kappa shape index (κ3) is 4.95. The molecule has 1 amide bonds. The van der Waals surface area contributed by atoms with E-state index in [0.717, 1.165) is 18.4 Å². The van der Waals surface area contributed by atoms with Crippen molar-refractivity contribution in [2.45, 2.75) is 18.9 Å². The number of ether oxygens (including phenoxy) is 1. The predicted molar refractivity (Wildman–Crippen MR) is 78.1 cm³/mol. The van der Waals surface area contributed by atoms with Crippen LogP contribution in [0.4, 0.5) is 4.39 Å². The van der Waals surface area contributed by atoms with Crippen LogP contribution in [0.3, 0.4) is 0 Å². The van der Waals surface area contributed by atoms with Crippen LogP contribution < -0.4 is 0 Å². The summed E-state index contributed by atoms with van der Waals surface area (Å²) in [7, 11) is 0. The lowest BCUT2D eigenvalue weighted by Crippen LogP contribution is -2.40. The molecule has 0 spiro atoms. The number of piperidine rings is 1. The fourth-order valence-electron chi connectivity index (χ4n) is 2.31. The fourth-order valence-corrected chi connectivity index (χ4v) is 2.31. The molecule has 1 heterocycles. The average Bonchev–Trinajstić information content (AvgIpc) is 2.52. The topological polar surface area (TPSA) is 49.8 Å². The SMILES string of the molecule is O=C(/C=C/c1ccc(F)cc1)N1CCC(OCCO)CC1. The van der Waals surface area contributed by atoms with Gasteiger partial charge in [0.05, 0.1) is 19.3 Å². The zero-order valence-electron chi connectivity index (χ0n) is 11.9. The van der Waals surface area contributed by atoms with Gasteiger partial charge in [-0.1, -0.05) is 12.1 Å². The van der Waals surface area contributed by atoms with E-state index in [9.17, 15) is 9.18 Å². The van der Waals surface area contributed by atoms with Gasteiger partial charge in [0.15, 0.2) is 0 Å². The van der Waals surface area contributed by atoms with Crippen LogP contribution in [0.2, 0.25) is 0 Å². The molecule has 1 aromatic rings. The standard InChI is InChI=1S/C16H20FNO3/c17-14-4-1-13(2-5-14)3-6-16(20)18-9-7-15(8-10-18)21-12-11-19/h1-6,15,19H,7-12H2/b6-3+. The lowest BCUT2D eigenvalue weighted by atomic mass is 10.1. The molecular formula is C16H20FNO3. The summed E-state index contributed by atoms with van der Waals surface area (Å²) in [5.41, 5.74) is 0.797. The molecule has 1 saturated heterocycles. The Hall–Kier alpha value is -1.72. The second-order valence-electron chi connectivity index (χ2n) is 5.00. The van der Waals surface area contributed by atoms with Crippen LogP contribution in [0.25, 0.3) is 6.08 Å². The zero-order valence-corrected chi connectivity index (χ0v) is 11.9. The Morgan fingerprint density at radius 3 is 2.62 bits per heavy atom. The molecule has 0 aromatic heterocycles. The molecule has 21 heavy (non-hydrogen) atoms. The lowest BCUT2D eigenvalue weighted by Gasteiger charge is -2.31. The van der Waals surface area contributed by atoms with Crippen LogP contribution in [-0.2, 0) is 9.53 Å². The Morgan fingerprint density at radius 2 is 2.00 bits per heavy atom. The summed E-state index contributed by atoms with van der Waals surface area (Å²) in [5.74, 6) is -0.330. The molecule has 4 nitrogen and oxygen atoms in total. The quantitative estimate of drug-likeness (QED) is 0.843. The second kappa shape index (κ2) is 7.90. The van der Waals surface area contributed by atoms with E-state index >= 15 is 0 Å². The summed E-state index contributed by atoms with van der Waals surface area (Å²) in [6.07, 6.45) is 4.91. The van der Waals surface area contributed by atoms with Crippen molar-refractivity contribution in [3.8, 4) is 0 Å². The van der Waals surface area contributed by atoms with Gasteiger partial charge in [0.1, 0.15) is 5.82 Å². The Bertz CT molecular complexity index is 479. The third-order valence-electron chi connectivity index (χ3n) is 3.49. The Morgan fingerprint density at radius 1 is 1.33 bits per heavy atom. The number of nitrogens with zero attached hydrogens (tertiary/aromatic N) is 1. The number of carbonyl (C=O) groups excluding carboxylic acids is 1. The van der Waals surface area contributed by atoms with Gasteiger partial charge in [-0.3, -0.25) is 4.79 Å². The minimum Gasteiger partial charge on any atom is -0.394 e. The molecule has 0 bridgehead atoms. The second-order valence-corrected chi connectivity index (χ2v) is 5.00. The van der Waals surface area contributed by atoms with E-state index in [4.69, 9.17) is 9.84 Å². The summed E-state index contributed by atoms with van der Waals surface area (Å²) < 4.78 is 18.2. The number of hydrogen-bond donors (Lipinski definition) is 1. The van der Waals surface area contributed by atoms with Crippen LogP contribution in [0.5, 0.6) is 0 Å². The van der Waals surface area contributed by atoms with Crippen molar-refractivity contribution in [3.05, 3.63) is 41.7 Å². The Kier molecular flexibility index (Phi) is 5.90. The van der Waals surface area contributed by atoms with E-state index in [1.165, 1.54) is 18.2 Å². The molecule has 0 unspecified atom stereocenters. The predicted octanol–water partition coefficient (Wildman–Crippen LogP) is 1.84. The number of aliphatic hydroxyl groups is 1. The minimum absolute atomic E-state index is 0.0273. The number of amides is 1. The van der Waals surface area contributed by atoms with Crippen molar-refractivity contribution in [1.82, 2.24) is 4.90 Å². The van der Waals surface area contributed by atoms with E-state index in [-0.39, 0.29) is 24.4 Å². The summed E-state index contributed by atoms with van der Waals surface area (Å²) in [5, 5.41) is 8.71. The highest BCUT2D eigenvalue weighted by Crippen LogP contribution is 2.14. The van der Waals surface area contributed by atoms with E-state index in [1.54, 1.807) is 23.1 Å². The average molecular weight is 293 g/mol. The smallest absolute Gasteiger partial charge is 0.246 e. The minimum atomic E-state index is -0.288. The van der Waals surface area contributed by atoms with E-state index in [2.05, 4.69) is 0 Å². The Labute approximate surface area is 123 Å². The van der Waals surface area contributed by atoms with Crippen molar-refractivity contribution in [1.29, 1.82) is 0 Å². The van der Waals surface area contributed by atoms with Gasteiger partial charge in [0.25, 0.3) is 0 Å². The highest BCUT2D eigenvalue weighted by atomic mass is 19.1. The largest absolute Gasteiger partial charge is 0.394 e. The summed E-state index contributed by atoms with van der Waals surface area (Å²) in [6.45, 7) is 1.69. The van der Waals surface area contributed by atoms with Crippen molar-refractivity contribution >= 4 is 12.0 Å². The van der Waals surface area contributed by atoms with Crippen LogP contribution in [0, 0.1) is 5.82 Å². The molecule has 2 rings (SSSR count). The number of benzene rings is 1. The van der Waals surface area contributed by atoms with Gasteiger partial charge in [0, 0.05) is 19.2 Å². The van der Waals surface area contributed by atoms with E-state index in [0.29, 0.717) is 19.7 Å². The molecule has 1 aliphatic rings. The third-order valence-corrected chi connectivity index (χ3v) is 3.49. The highest BCUT2D eigenvalue weighted by Gasteiger charge is 2.21. The van der Waals surface area contributed by atoms with Gasteiger partial charge in [-0.25, -0.2) is 4.39 Å². The summed E-state index contributed by atoms with van der Waals surface area (Å²) in [4.78, 5) is 13.8. The Balaban J connectivity index is 1.80. The fraction of sp³-hybridized carbons (Fsp3) is 0.438. The maximum absolute atomic E-state index is 12.8. The maximum Gasteiger partial charge on any atom is 0.246 e. The van der Waals surface area contributed by atoms with Crippen molar-refractivity contribution in [2.75, 3.05) is 26.3 Å². The van der Waals surface area contributed by atoms with Crippen molar-refractivity contribution in [2.24, 2.45) is 0 Å². The van der Waals surface area contributed by atoms with Gasteiger partial charge >= 0.3 is 0 Å². The van der Waals surface area contributed by atoms with Crippen molar-refractivity contribution < 1.29 is 19.0 Å². The zero-order chi connectivity index (χ0) is 15.1. The number of hydrogen-bond acceptors (Lipinski definition) is 3. The summed E-state index contributed by atoms with van der Waals surface area (Å²) >= 11 is 0. The van der Waals surface area contributed by atoms with Crippen LogP contribution >= 0.6 is 0 Å². The molecule has 5 heteroatoms. The highest BCUT2D eigenvalue weighted by molar-refractivity contribution is 5.91. The molecule has 0 atom stereocenters. The van der Waals surface area contributed by atoms with Crippen LogP contribution in [0.15, 0.2) is 30.3 Å². The molecular weight excluding hydrogens is 273 g/mol. The molecule has 0 aliphatic carbocycles. The molecule has 114 valence electrons. The van der Waals surface area contributed by atoms with E-state index < -0.39 is 0 Å². The molecule has 1 N–H and O–H groups in total. The van der Waals surface area contributed by atoms with Gasteiger partial charge in [0.2, 0.25) is 5.91 Å². The van der Waals surface area contributed by atoms with Gasteiger partial charge < -0.3 is 14.7 Å². The normalized spacial score (nSPS) is 16.6. The number of halogens is 1. The summed E-state index contributed by atoms with van der Waals surface area (Å²) in [6, 6.07) is 6.00. The van der Waals surface area contributed by atoms with Gasteiger partial charge in [-0.15, -0.1) is 0 Å². The first kappa shape index (κ1) is 15.7. The first-order valence-electron chi connectivity index (χ1n) is 7.14. The number of likely N-dealkylation sites (tertiary alicyclic amines) is 1.